The van der Waals surface area contributed by atoms with Crippen molar-refractivity contribution in [3.8, 4) is 0 Å². The van der Waals surface area contributed by atoms with E-state index in [0.29, 0.717) is 21.0 Å². The van der Waals surface area contributed by atoms with Crippen LogP contribution in [0.4, 0.5) is 5.13 Å². The number of aromatic nitrogens is 3. The standard InChI is InChI=1S/C17H16N4O3S2/c1-26(23,24)10-6-7-13-14(8-10)25-17(20-13)21-16(22)15-11-4-2-3-5-12(11)18-9-19-15/h6-9H,2-5H2,1H3,(H,20,21,22). The molecule has 7 nitrogen and oxygen atoms in total. The van der Waals surface area contributed by atoms with Gasteiger partial charge in [-0.25, -0.2) is 23.4 Å². The molecule has 0 fully saturated rings. The van der Waals surface area contributed by atoms with E-state index in [-0.39, 0.29) is 10.8 Å². The van der Waals surface area contributed by atoms with Crippen LogP contribution in [0.15, 0.2) is 29.4 Å². The Morgan fingerprint density at radius 3 is 2.81 bits per heavy atom. The average Bonchev–Trinajstić information content (AvgIpc) is 3.01. The molecule has 1 aliphatic carbocycles. The minimum atomic E-state index is -3.29. The molecule has 2 heterocycles. The van der Waals surface area contributed by atoms with Gasteiger partial charge in [-0.15, -0.1) is 0 Å². The van der Waals surface area contributed by atoms with Gasteiger partial charge in [0.15, 0.2) is 15.0 Å². The summed E-state index contributed by atoms with van der Waals surface area (Å²) in [6.07, 6.45) is 6.36. The van der Waals surface area contributed by atoms with Crippen molar-refractivity contribution in [3.63, 3.8) is 0 Å². The number of carbonyl (C=O) groups is 1. The van der Waals surface area contributed by atoms with E-state index in [0.717, 1.165) is 43.2 Å². The summed E-state index contributed by atoms with van der Waals surface area (Å²) in [5.74, 6) is -0.312. The van der Waals surface area contributed by atoms with Gasteiger partial charge in [0.05, 0.1) is 15.1 Å². The second kappa shape index (κ2) is 6.40. The lowest BCUT2D eigenvalue weighted by atomic mass is 9.94. The molecule has 3 aromatic rings. The smallest absolute Gasteiger partial charge is 0.276 e. The zero-order valence-corrected chi connectivity index (χ0v) is 15.7. The predicted molar refractivity (Wildman–Crippen MR) is 99.4 cm³/mol. The second-order valence-corrected chi connectivity index (χ2v) is 9.28. The van der Waals surface area contributed by atoms with Crippen LogP contribution in [0.2, 0.25) is 0 Å². The Labute approximate surface area is 154 Å². The van der Waals surface area contributed by atoms with Crippen LogP contribution >= 0.6 is 11.3 Å². The molecule has 26 heavy (non-hydrogen) atoms. The lowest BCUT2D eigenvalue weighted by Gasteiger charge is -2.16. The summed E-state index contributed by atoms with van der Waals surface area (Å²) in [6.45, 7) is 0. The number of amides is 1. The van der Waals surface area contributed by atoms with Crippen molar-refractivity contribution in [2.24, 2.45) is 0 Å². The van der Waals surface area contributed by atoms with E-state index in [2.05, 4.69) is 20.3 Å². The lowest BCUT2D eigenvalue weighted by Crippen LogP contribution is -2.19. The van der Waals surface area contributed by atoms with E-state index in [4.69, 9.17) is 0 Å². The number of rotatable bonds is 3. The number of carbonyl (C=O) groups excluding carboxylic acids is 1. The van der Waals surface area contributed by atoms with Crippen LogP contribution in [0, 0.1) is 0 Å². The van der Waals surface area contributed by atoms with Crippen LogP contribution in [-0.4, -0.2) is 35.5 Å². The van der Waals surface area contributed by atoms with Crippen molar-refractivity contribution in [2.45, 2.75) is 30.6 Å². The largest absolute Gasteiger partial charge is 0.296 e. The number of nitrogens with one attached hydrogen (secondary N) is 1. The van der Waals surface area contributed by atoms with E-state index in [1.165, 1.54) is 23.7 Å². The zero-order chi connectivity index (χ0) is 18.3. The topological polar surface area (TPSA) is 102 Å². The van der Waals surface area contributed by atoms with E-state index in [1.54, 1.807) is 12.1 Å². The molecular formula is C17H16N4O3S2. The van der Waals surface area contributed by atoms with Gasteiger partial charge in [0.25, 0.3) is 5.91 Å². The molecule has 0 bridgehead atoms. The van der Waals surface area contributed by atoms with Crippen molar-refractivity contribution in [2.75, 3.05) is 11.6 Å². The molecule has 134 valence electrons. The Hall–Kier alpha value is -2.39. The molecule has 0 saturated heterocycles. The molecule has 2 aromatic heterocycles. The van der Waals surface area contributed by atoms with E-state index in [9.17, 15) is 13.2 Å². The molecule has 0 radical (unpaired) electrons. The second-order valence-electron chi connectivity index (χ2n) is 6.23. The van der Waals surface area contributed by atoms with Gasteiger partial charge in [-0.1, -0.05) is 11.3 Å². The minimum absolute atomic E-state index is 0.233. The first kappa shape index (κ1) is 17.0. The summed E-state index contributed by atoms with van der Waals surface area (Å²) in [6, 6.07) is 4.73. The fourth-order valence-corrected chi connectivity index (χ4v) is 4.68. The third-order valence-corrected chi connectivity index (χ3v) is 6.39. The molecule has 1 aliphatic rings. The Balaban J connectivity index is 1.64. The fraction of sp³-hybridized carbons (Fsp3) is 0.294. The molecule has 1 aromatic carbocycles. The molecule has 9 heteroatoms. The van der Waals surface area contributed by atoms with Crippen molar-refractivity contribution in [1.82, 2.24) is 15.0 Å². The molecule has 0 unspecified atom stereocenters. The average molecular weight is 388 g/mol. The molecule has 0 saturated carbocycles. The van der Waals surface area contributed by atoms with Gasteiger partial charge in [0, 0.05) is 17.5 Å². The van der Waals surface area contributed by atoms with Crippen LogP contribution in [0.3, 0.4) is 0 Å². The van der Waals surface area contributed by atoms with Crippen LogP contribution in [-0.2, 0) is 22.7 Å². The highest BCUT2D eigenvalue weighted by molar-refractivity contribution is 7.90. The minimum Gasteiger partial charge on any atom is -0.296 e. The lowest BCUT2D eigenvalue weighted by molar-refractivity contribution is 0.102. The maximum Gasteiger partial charge on any atom is 0.276 e. The molecule has 0 spiro atoms. The van der Waals surface area contributed by atoms with Crippen molar-refractivity contribution >= 4 is 42.4 Å². The van der Waals surface area contributed by atoms with Gasteiger partial charge in [-0.3, -0.25) is 10.1 Å². The maximum absolute atomic E-state index is 12.7. The maximum atomic E-state index is 12.7. The van der Waals surface area contributed by atoms with E-state index in [1.807, 2.05) is 0 Å². The Kier molecular flexibility index (Phi) is 4.20. The van der Waals surface area contributed by atoms with Crippen molar-refractivity contribution in [1.29, 1.82) is 0 Å². The number of thiazole rings is 1. The summed E-state index contributed by atoms with van der Waals surface area (Å²) in [4.78, 5) is 25.7. The number of hydrogen-bond acceptors (Lipinski definition) is 7. The summed E-state index contributed by atoms with van der Waals surface area (Å²) >= 11 is 1.24. The van der Waals surface area contributed by atoms with Crippen LogP contribution in [0.25, 0.3) is 10.2 Å². The predicted octanol–water partition coefficient (Wildman–Crippen LogP) is 2.62. The first-order chi connectivity index (χ1) is 12.4. The molecule has 4 rings (SSSR count). The van der Waals surface area contributed by atoms with Gasteiger partial charge < -0.3 is 0 Å². The molecule has 1 N–H and O–H groups in total. The first-order valence-corrected chi connectivity index (χ1v) is 10.9. The highest BCUT2D eigenvalue weighted by Crippen LogP contribution is 2.29. The normalized spacial score (nSPS) is 14.2. The molecular weight excluding hydrogens is 372 g/mol. The Morgan fingerprint density at radius 2 is 2.00 bits per heavy atom. The Morgan fingerprint density at radius 1 is 1.19 bits per heavy atom. The number of benzene rings is 1. The number of anilines is 1. The Bertz CT molecular complexity index is 1120. The van der Waals surface area contributed by atoms with E-state index >= 15 is 0 Å². The third-order valence-electron chi connectivity index (χ3n) is 4.35. The molecule has 0 aliphatic heterocycles. The van der Waals surface area contributed by atoms with Gasteiger partial charge >= 0.3 is 0 Å². The quantitative estimate of drug-likeness (QED) is 0.740. The summed E-state index contributed by atoms with van der Waals surface area (Å²) < 4.78 is 24.1. The number of aryl methyl sites for hydroxylation is 1. The van der Waals surface area contributed by atoms with Gasteiger partial charge in [-0.05, 0) is 43.9 Å². The van der Waals surface area contributed by atoms with Gasteiger partial charge in [-0.2, -0.15) is 0 Å². The van der Waals surface area contributed by atoms with Crippen molar-refractivity contribution in [3.05, 3.63) is 41.5 Å². The highest BCUT2D eigenvalue weighted by atomic mass is 32.2. The zero-order valence-electron chi connectivity index (χ0n) is 14.0. The molecule has 0 atom stereocenters. The number of nitrogens with zero attached hydrogens (tertiary/aromatic N) is 3. The molecule has 1 amide bonds. The van der Waals surface area contributed by atoms with Crippen LogP contribution < -0.4 is 5.32 Å². The van der Waals surface area contributed by atoms with Crippen LogP contribution in [0.1, 0.15) is 34.6 Å². The SMILES string of the molecule is CS(=O)(=O)c1ccc2nc(NC(=O)c3ncnc4c3CCCC4)sc2c1. The van der Waals surface area contributed by atoms with Gasteiger partial charge in [0.1, 0.15) is 12.0 Å². The van der Waals surface area contributed by atoms with Crippen LogP contribution in [0.5, 0.6) is 0 Å². The number of hydrogen-bond donors (Lipinski definition) is 1. The monoisotopic (exact) mass is 388 g/mol. The first-order valence-electron chi connectivity index (χ1n) is 8.16. The van der Waals surface area contributed by atoms with E-state index < -0.39 is 9.84 Å². The fourth-order valence-electron chi connectivity index (χ4n) is 3.06. The third kappa shape index (κ3) is 3.19. The number of sulfone groups is 1. The number of fused-ring (bicyclic) bond motifs is 2. The summed E-state index contributed by atoms with van der Waals surface area (Å²) in [5.41, 5.74) is 2.89. The summed E-state index contributed by atoms with van der Waals surface area (Å²) in [5, 5.41) is 3.20. The summed E-state index contributed by atoms with van der Waals surface area (Å²) in [7, 11) is -3.29. The van der Waals surface area contributed by atoms with Gasteiger partial charge in [0.2, 0.25) is 0 Å². The highest BCUT2D eigenvalue weighted by Gasteiger charge is 2.21. The van der Waals surface area contributed by atoms with Crippen molar-refractivity contribution < 1.29 is 13.2 Å².